The summed E-state index contributed by atoms with van der Waals surface area (Å²) in [5.41, 5.74) is 2.34. The van der Waals surface area contributed by atoms with Crippen molar-refractivity contribution < 1.29 is 4.74 Å². The fourth-order valence-corrected chi connectivity index (χ4v) is 3.80. The SMILES string of the molecule is CN=C(NCCc1cccc2cccnc12)NCC(C(C)C)N1CCOCC1. The van der Waals surface area contributed by atoms with E-state index in [2.05, 4.69) is 63.6 Å². The largest absolute Gasteiger partial charge is 0.379 e. The van der Waals surface area contributed by atoms with Crippen molar-refractivity contribution in [1.82, 2.24) is 20.5 Å². The smallest absolute Gasteiger partial charge is 0.191 e. The van der Waals surface area contributed by atoms with Crippen LogP contribution in [-0.2, 0) is 11.2 Å². The Morgan fingerprint density at radius 3 is 2.71 bits per heavy atom. The summed E-state index contributed by atoms with van der Waals surface area (Å²) in [5.74, 6) is 1.43. The van der Waals surface area contributed by atoms with Crippen molar-refractivity contribution in [2.24, 2.45) is 10.9 Å². The van der Waals surface area contributed by atoms with Crippen molar-refractivity contribution in [2.45, 2.75) is 26.3 Å². The Morgan fingerprint density at radius 2 is 1.96 bits per heavy atom. The first-order valence-corrected chi connectivity index (χ1v) is 10.3. The summed E-state index contributed by atoms with van der Waals surface area (Å²) >= 11 is 0. The second kappa shape index (κ2) is 10.4. The first kappa shape index (κ1) is 20.6. The molecule has 1 aliphatic rings. The normalized spacial score (nSPS) is 17.1. The fraction of sp³-hybridized carbons (Fsp3) is 0.545. The molecule has 0 saturated carbocycles. The highest BCUT2D eigenvalue weighted by molar-refractivity contribution is 5.82. The van der Waals surface area contributed by atoms with Crippen molar-refractivity contribution >= 4 is 16.9 Å². The van der Waals surface area contributed by atoms with Gasteiger partial charge in [0.1, 0.15) is 0 Å². The van der Waals surface area contributed by atoms with Crippen molar-refractivity contribution in [1.29, 1.82) is 0 Å². The van der Waals surface area contributed by atoms with Crippen LogP contribution in [0.15, 0.2) is 41.5 Å². The average molecular weight is 384 g/mol. The molecule has 6 nitrogen and oxygen atoms in total. The van der Waals surface area contributed by atoms with E-state index < -0.39 is 0 Å². The third-order valence-corrected chi connectivity index (χ3v) is 5.39. The molecular formula is C22H33N5O. The van der Waals surface area contributed by atoms with Crippen LogP contribution >= 0.6 is 0 Å². The number of nitrogens with zero attached hydrogens (tertiary/aromatic N) is 3. The summed E-state index contributed by atoms with van der Waals surface area (Å²) < 4.78 is 5.50. The third kappa shape index (κ3) is 5.42. The van der Waals surface area contributed by atoms with Gasteiger partial charge in [0.25, 0.3) is 0 Å². The molecule has 1 saturated heterocycles. The maximum absolute atomic E-state index is 5.50. The lowest BCUT2D eigenvalue weighted by Gasteiger charge is -2.37. The van der Waals surface area contributed by atoms with Gasteiger partial charge in [-0.05, 0) is 24.0 Å². The van der Waals surface area contributed by atoms with Gasteiger partial charge in [-0.25, -0.2) is 0 Å². The van der Waals surface area contributed by atoms with Gasteiger partial charge in [-0.2, -0.15) is 0 Å². The minimum absolute atomic E-state index is 0.477. The highest BCUT2D eigenvalue weighted by Crippen LogP contribution is 2.16. The number of guanidine groups is 1. The number of benzene rings is 1. The summed E-state index contributed by atoms with van der Waals surface area (Å²) in [7, 11) is 1.83. The third-order valence-electron chi connectivity index (χ3n) is 5.39. The number of hydrogen-bond acceptors (Lipinski definition) is 4. The van der Waals surface area contributed by atoms with Gasteiger partial charge in [0, 0.05) is 50.9 Å². The second-order valence-corrected chi connectivity index (χ2v) is 7.58. The molecule has 28 heavy (non-hydrogen) atoms. The molecule has 3 rings (SSSR count). The maximum atomic E-state index is 5.50. The van der Waals surface area contributed by atoms with Crippen LogP contribution in [0.3, 0.4) is 0 Å². The van der Waals surface area contributed by atoms with Crippen molar-refractivity contribution in [2.75, 3.05) is 46.4 Å². The minimum atomic E-state index is 0.477. The summed E-state index contributed by atoms with van der Waals surface area (Å²) in [5, 5.41) is 8.15. The zero-order valence-corrected chi connectivity index (χ0v) is 17.3. The lowest BCUT2D eigenvalue weighted by Crippen LogP contribution is -2.52. The van der Waals surface area contributed by atoms with Crippen LogP contribution in [0.5, 0.6) is 0 Å². The number of fused-ring (bicyclic) bond motifs is 1. The van der Waals surface area contributed by atoms with E-state index in [1.54, 1.807) is 0 Å². The number of nitrogens with one attached hydrogen (secondary N) is 2. The molecule has 6 heteroatoms. The molecule has 1 aliphatic heterocycles. The standard InChI is InChI=1S/C22H33N5O/c1-17(2)20(27-12-14-28-15-13-27)16-26-22(23-3)25-11-9-19-7-4-6-18-8-5-10-24-21(18)19/h4-8,10,17,20H,9,11-16H2,1-3H3,(H2,23,25,26). The van der Waals surface area contributed by atoms with E-state index in [1.807, 2.05) is 19.3 Å². The first-order valence-electron chi connectivity index (χ1n) is 10.3. The molecule has 2 heterocycles. The molecule has 2 N–H and O–H groups in total. The van der Waals surface area contributed by atoms with Crippen LogP contribution in [0.2, 0.25) is 0 Å². The number of para-hydroxylation sites is 1. The Balaban J connectivity index is 1.51. The van der Waals surface area contributed by atoms with E-state index >= 15 is 0 Å². The number of rotatable bonds is 7. The summed E-state index contributed by atoms with van der Waals surface area (Å²) in [6, 6.07) is 10.9. The van der Waals surface area contributed by atoms with Crippen LogP contribution in [0, 0.1) is 5.92 Å². The molecule has 0 radical (unpaired) electrons. The number of ether oxygens (including phenoxy) is 1. The Hall–Kier alpha value is -2.18. The molecule has 0 spiro atoms. The monoisotopic (exact) mass is 383 g/mol. The van der Waals surface area contributed by atoms with Crippen LogP contribution in [0.25, 0.3) is 10.9 Å². The quantitative estimate of drug-likeness (QED) is 0.567. The maximum Gasteiger partial charge on any atom is 0.191 e. The zero-order valence-electron chi connectivity index (χ0n) is 17.3. The van der Waals surface area contributed by atoms with Gasteiger partial charge in [-0.3, -0.25) is 14.9 Å². The topological polar surface area (TPSA) is 61.8 Å². The Morgan fingerprint density at radius 1 is 1.18 bits per heavy atom. The van der Waals surface area contributed by atoms with Gasteiger partial charge in [0.2, 0.25) is 0 Å². The summed E-state index contributed by atoms with van der Waals surface area (Å²) in [6.07, 6.45) is 2.77. The number of aliphatic imine (C=N–C) groups is 1. The van der Waals surface area contributed by atoms with Gasteiger partial charge in [-0.15, -0.1) is 0 Å². The number of aromatic nitrogens is 1. The van der Waals surface area contributed by atoms with Gasteiger partial charge < -0.3 is 15.4 Å². The molecule has 1 atom stereocenters. The van der Waals surface area contributed by atoms with Crippen LogP contribution in [0.4, 0.5) is 0 Å². The van der Waals surface area contributed by atoms with Crippen molar-refractivity contribution in [3.05, 3.63) is 42.1 Å². The number of pyridine rings is 1. The molecule has 1 aromatic heterocycles. The lowest BCUT2D eigenvalue weighted by atomic mass is 10.0. The Labute approximate surface area is 168 Å². The molecule has 0 amide bonds. The van der Waals surface area contributed by atoms with Crippen molar-refractivity contribution in [3.63, 3.8) is 0 Å². The predicted octanol–water partition coefficient (Wildman–Crippen LogP) is 2.30. The zero-order chi connectivity index (χ0) is 19.8. The molecular weight excluding hydrogens is 350 g/mol. The highest BCUT2D eigenvalue weighted by Gasteiger charge is 2.23. The molecule has 0 aliphatic carbocycles. The Bertz CT molecular complexity index is 765. The highest BCUT2D eigenvalue weighted by atomic mass is 16.5. The van der Waals surface area contributed by atoms with E-state index in [4.69, 9.17) is 4.74 Å². The lowest BCUT2D eigenvalue weighted by molar-refractivity contribution is 0.00752. The number of morpholine rings is 1. The first-order chi connectivity index (χ1) is 13.7. The summed E-state index contributed by atoms with van der Waals surface area (Å²) in [6.45, 7) is 9.93. The van der Waals surface area contributed by atoms with Crippen molar-refractivity contribution in [3.8, 4) is 0 Å². The van der Waals surface area contributed by atoms with Crippen LogP contribution in [-0.4, -0.2) is 68.3 Å². The van der Waals surface area contributed by atoms with E-state index in [0.29, 0.717) is 12.0 Å². The van der Waals surface area contributed by atoms with E-state index in [9.17, 15) is 0 Å². The molecule has 0 bridgehead atoms. The molecule has 1 fully saturated rings. The fourth-order valence-electron chi connectivity index (χ4n) is 3.80. The predicted molar refractivity (Wildman–Crippen MR) is 116 cm³/mol. The van der Waals surface area contributed by atoms with Gasteiger partial charge in [-0.1, -0.05) is 38.1 Å². The van der Waals surface area contributed by atoms with E-state index in [1.165, 1.54) is 10.9 Å². The molecule has 1 aromatic carbocycles. The Kier molecular flexibility index (Phi) is 7.62. The minimum Gasteiger partial charge on any atom is -0.379 e. The van der Waals surface area contributed by atoms with Gasteiger partial charge in [0.15, 0.2) is 5.96 Å². The van der Waals surface area contributed by atoms with E-state index in [-0.39, 0.29) is 0 Å². The molecule has 152 valence electrons. The van der Waals surface area contributed by atoms with Crippen LogP contribution < -0.4 is 10.6 Å². The van der Waals surface area contributed by atoms with E-state index in [0.717, 1.165) is 57.3 Å². The average Bonchev–Trinajstić information content (AvgIpc) is 2.73. The molecule has 2 aromatic rings. The number of hydrogen-bond donors (Lipinski definition) is 2. The summed E-state index contributed by atoms with van der Waals surface area (Å²) in [4.78, 5) is 11.5. The van der Waals surface area contributed by atoms with Crippen LogP contribution in [0.1, 0.15) is 19.4 Å². The van der Waals surface area contributed by atoms with Gasteiger partial charge >= 0.3 is 0 Å². The second-order valence-electron chi connectivity index (χ2n) is 7.58. The molecule has 1 unspecified atom stereocenters. The van der Waals surface area contributed by atoms with Gasteiger partial charge in [0.05, 0.1) is 18.7 Å².